The standard InChI is InChI=1S/C15H17ClFN5O/c16-11-2-1-3-12(17)10(11)8-22-15(9-4-5-19-7-9)20-14(21-22)6-13(18)23/h1-3,9,19H,4-8H2,(H2,18,23)/t9-/m1/s1. The summed E-state index contributed by atoms with van der Waals surface area (Å²) in [6.45, 7) is 1.84. The molecule has 0 saturated carbocycles. The summed E-state index contributed by atoms with van der Waals surface area (Å²) in [6, 6.07) is 4.56. The van der Waals surface area contributed by atoms with E-state index in [1.807, 2.05) is 0 Å². The molecule has 0 radical (unpaired) electrons. The number of halogens is 2. The maximum absolute atomic E-state index is 14.0. The van der Waals surface area contributed by atoms with Crippen molar-refractivity contribution in [2.45, 2.75) is 25.3 Å². The maximum atomic E-state index is 14.0. The van der Waals surface area contributed by atoms with Crippen LogP contribution in [0, 0.1) is 5.82 Å². The van der Waals surface area contributed by atoms with Gasteiger partial charge in [0.15, 0.2) is 5.82 Å². The van der Waals surface area contributed by atoms with Crippen molar-refractivity contribution < 1.29 is 9.18 Å². The molecule has 0 aliphatic carbocycles. The fourth-order valence-corrected chi connectivity index (χ4v) is 2.98. The number of hydrogen-bond donors (Lipinski definition) is 2. The van der Waals surface area contributed by atoms with Crippen molar-refractivity contribution in [1.29, 1.82) is 0 Å². The number of aromatic nitrogens is 3. The lowest BCUT2D eigenvalue weighted by Crippen LogP contribution is -2.15. The van der Waals surface area contributed by atoms with Crippen LogP contribution in [0.2, 0.25) is 5.02 Å². The quantitative estimate of drug-likeness (QED) is 0.859. The molecule has 3 N–H and O–H groups in total. The van der Waals surface area contributed by atoms with Gasteiger partial charge in [0.25, 0.3) is 0 Å². The summed E-state index contributed by atoms with van der Waals surface area (Å²) in [4.78, 5) is 15.5. The summed E-state index contributed by atoms with van der Waals surface area (Å²) in [6.07, 6.45) is 0.880. The predicted octanol–water partition coefficient (Wildman–Crippen LogP) is 1.22. The smallest absolute Gasteiger partial charge is 0.225 e. The van der Waals surface area contributed by atoms with Crippen LogP contribution in [0.5, 0.6) is 0 Å². The van der Waals surface area contributed by atoms with Gasteiger partial charge >= 0.3 is 0 Å². The molecule has 1 saturated heterocycles. The lowest BCUT2D eigenvalue weighted by Gasteiger charge is -2.12. The normalized spacial score (nSPS) is 17.6. The second kappa shape index (κ2) is 6.64. The van der Waals surface area contributed by atoms with E-state index in [1.165, 1.54) is 6.07 Å². The molecule has 2 heterocycles. The number of benzene rings is 1. The van der Waals surface area contributed by atoms with Crippen molar-refractivity contribution in [3.63, 3.8) is 0 Å². The lowest BCUT2D eigenvalue weighted by molar-refractivity contribution is -0.117. The summed E-state index contributed by atoms with van der Waals surface area (Å²) in [5, 5.41) is 7.93. The maximum Gasteiger partial charge on any atom is 0.225 e. The Morgan fingerprint density at radius 2 is 2.35 bits per heavy atom. The minimum absolute atomic E-state index is 0.0366. The monoisotopic (exact) mass is 337 g/mol. The van der Waals surface area contributed by atoms with Gasteiger partial charge in [0.2, 0.25) is 5.91 Å². The number of nitrogens with two attached hydrogens (primary N) is 1. The van der Waals surface area contributed by atoms with Crippen molar-refractivity contribution in [2.24, 2.45) is 5.73 Å². The molecule has 1 aliphatic rings. The van der Waals surface area contributed by atoms with Crippen LogP contribution < -0.4 is 11.1 Å². The number of primary amides is 1. The van der Waals surface area contributed by atoms with E-state index in [9.17, 15) is 9.18 Å². The van der Waals surface area contributed by atoms with Gasteiger partial charge in [0.05, 0.1) is 13.0 Å². The van der Waals surface area contributed by atoms with Crippen LogP contribution in [0.3, 0.4) is 0 Å². The molecule has 1 amide bonds. The molecule has 1 atom stereocenters. The van der Waals surface area contributed by atoms with Crippen LogP contribution in [0.4, 0.5) is 4.39 Å². The Morgan fingerprint density at radius 3 is 3.00 bits per heavy atom. The molecule has 6 nitrogen and oxygen atoms in total. The van der Waals surface area contributed by atoms with Gasteiger partial charge in [0.1, 0.15) is 11.6 Å². The highest BCUT2D eigenvalue weighted by Gasteiger charge is 2.25. The van der Waals surface area contributed by atoms with Gasteiger partial charge in [-0.25, -0.2) is 14.1 Å². The van der Waals surface area contributed by atoms with Crippen LogP contribution in [0.15, 0.2) is 18.2 Å². The average Bonchev–Trinajstić information content (AvgIpc) is 3.11. The molecule has 3 rings (SSSR count). The third-order valence-electron chi connectivity index (χ3n) is 3.87. The first-order valence-corrected chi connectivity index (χ1v) is 7.78. The van der Waals surface area contributed by atoms with Gasteiger partial charge in [-0.2, -0.15) is 5.10 Å². The highest BCUT2D eigenvalue weighted by Crippen LogP contribution is 2.24. The molecule has 2 aromatic rings. The third-order valence-corrected chi connectivity index (χ3v) is 4.23. The number of amides is 1. The Balaban J connectivity index is 1.95. The minimum Gasteiger partial charge on any atom is -0.369 e. The Labute approximate surface area is 137 Å². The van der Waals surface area contributed by atoms with Crippen molar-refractivity contribution in [2.75, 3.05) is 13.1 Å². The summed E-state index contributed by atoms with van der Waals surface area (Å²) >= 11 is 6.09. The fraction of sp³-hybridized carbons (Fsp3) is 0.400. The fourth-order valence-electron chi connectivity index (χ4n) is 2.76. The highest BCUT2D eigenvalue weighted by atomic mass is 35.5. The summed E-state index contributed by atoms with van der Waals surface area (Å²) in [5.41, 5.74) is 5.57. The number of rotatable bonds is 5. The molecule has 1 fully saturated rings. The van der Waals surface area contributed by atoms with Crippen LogP contribution >= 0.6 is 11.6 Å². The van der Waals surface area contributed by atoms with E-state index in [2.05, 4.69) is 15.4 Å². The molecule has 1 aromatic carbocycles. The zero-order valence-electron chi connectivity index (χ0n) is 12.4. The van der Waals surface area contributed by atoms with Gasteiger partial charge in [-0.3, -0.25) is 4.79 Å². The Morgan fingerprint density at radius 1 is 1.52 bits per heavy atom. The largest absolute Gasteiger partial charge is 0.369 e. The molecule has 122 valence electrons. The topological polar surface area (TPSA) is 85.8 Å². The molecule has 23 heavy (non-hydrogen) atoms. The first-order chi connectivity index (χ1) is 11.0. The SMILES string of the molecule is NC(=O)Cc1nc([C@@H]2CCNC2)n(Cc2c(F)cccc2Cl)n1. The van der Waals surface area contributed by atoms with Gasteiger partial charge in [-0.1, -0.05) is 17.7 Å². The van der Waals surface area contributed by atoms with Crippen LogP contribution in [-0.4, -0.2) is 33.8 Å². The van der Waals surface area contributed by atoms with Crippen molar-refractivity contribution >= 4 is 17.5 Å². The van der Waals surface area contributed by atoms with Crippen LogP contribution in [0.25, 0.3) is 0 Å². The van der Waals surface area contributed by atoms with Gasteiger partial charge < -0.3 is 11.1 Å². The van der Waals surface area contributed by atoms with E-state index < -0.39 is 5.91 Å². The Bertz CT molecular complexity index is 706. The van der Waals surface area contributed by atoms with E-state index >= 15 is 0 Å². The lowest BCUT2D eigenvalue weighted by atomic mass is 10.1. The number of nitrogens with zero attached hydrogens (tertiary/aromatic N) is 3. The summed E-state index contributed by atoms with van der Waals surface area (Å²) < 4.78 is 15.7. The summed E-state index contributed by atoms with van der Waals surface area (Å²) in [7, 11) is 0. The van der Waals surface area contributed by atoms with Crippen molar-refractivity contribution in [1.82, 2.24) is 20.1 Å². The first-order valence-electron chi connectivity index (χ1n) is 7.40. The van der Waals surface area contributed by atoms with E-state index in [0.717, 1.165) is 25.3 Å². The van der Waals surface area contributed by atoms with E-state index in [0.29, 0.717) is 16.4 Å². The van der Waals surface area contributed by atoms with Gasteiger partial charge in [-0.15, -0.1) is 0 Å². The zero-order valence-corrected chi connectivity index (χ0v) is 13.2. The van der Waals surface area contributed by atoms with E-state index in [-0.39, 0.29) is 24.7 Å². The number of carbonyl (C=O) groups is 1. The molecule has 8 heteroatoms. The highest BCUT2D eigenvalue weighted by molar-refractivity contribution is 6.31. The minimum atomic E-state index is -0.498. The molecular formula is C15H17ClFN5O. The number of carbonyl (C=O) groups excluding carboxylic acids is 1. The second-order valence-electron chi connectivity index (χ2n) is 5.58. The van der Waals surface area contributed by atoms with Gasteiger partial charge in [0, 0.05) is 23.0 Å². The van der Waals surface area contributed by atoms with Gasteiger partial charge in [-0.05, 0) is 25.1 Å². The molecule has 0 spiro atoms. The zero-order chi connectivity index (χ0) is 16.4. The molecular weight excluding hydrogens is 321 g/mol. The van der Waals surface area contributed by atoms with Crippen LogP contribution in [-0.2, 0) is 17.8 Å². The number of nitrogens with one attached hydrogen (secondary N) is 1. The Hall–Kier alpha value is -1.99. The summed E-state index contributed by atoms with van der Waals surface area (Å²) in [5.74, 6) is 0.370. The average molecular weight is 338 g/mol. The first kappa shape index (κ1) is 15.9. The van der Waals surface area contributed by atoms with E-state index in [1.54, 1.807) is 16.8 Å². The van der Waals surface area contributed by atoms with Crippen molar-refractivity contribution in [3.8, 4) is 0 Å². The van der Waals surface area contributed by atoms with E-state index in [4.69, 9.17) is 17.3 Å². The molecule has 0 unspecified atom stereocenters. The number of hydrogen-bond acceptors (Lipinski definition) is 4. The van der Waals surface area contributed by atoms with Crippen LogP contribution in [0.1, 0.15) is 29.6 Å². The molecule has 1 aliphatic heterocycles. The predicted molar refractivity (Wildman–Crippen MR) is 83.7 cm³/mol. The van der Waals surface area contributed by atoms with Crippen molar-refractivity contribution in [3.05, 3.63) is 46.3 Å². The third kappa shape index (κ3) is 3.51. The molecule has 0 bridgehead atoms. The Kier molecular flexibility index (Phi) is 4.58. The second-order valence-corrected chi connectivity index (χ2v) is 5.98. The molecule has 1 aromatic heterocycles.